The van der Waals surface area contributed by atoms with Crippen LogP contribution in [0.15, 0.2) is 54.4 Å². The number of aromatic nitrogens is 4. The summed E-state index contributed by atoms with van der Waals surface area (Å²) in [5.41, 5.74) is 6.06. The van der Waals surface area contributed by atoms with Crippen LogP contribution < -0.4 is 0 Å². The molecule has 4 heterocycles. The number of carbonyl (C=O) groups is 1. The van der Waals surface area contributed by atoms with Crippen LogP contribution in [-0.2, 0) is 6.42 Å². The number of thiazole rings is 1. The van der Waals surface area contributed by atoms with Crippen molar-refractivity contribution in [1.82, 2.24) is 24.8 Å². The van der Waals surface area contributed by atoms with E-state index in [9.17, 15) is 4.79 Å². The van der Waals surface area contributed by atoms with Crippen molar-refractivity contribution in [2.75, 3.05) is 6.54 Å². The zero-order valence-corrected chi connectivity index (χ0v) is 14.6. The number of nitrogens with zero attached hydrogens (tertiary/aromatic N) is 4. The molecule has 1 atom stereocenters. The molecule has 1 amide bonds. The molecule has 1 aliphatic heterocycles. The van der Waals surface area contributed by atoms with Gasteiger partial charge in [0.05, 0.1) is 33.4 Å². The van der Waals surface area contributed by atoms with Crippen molar-refractivity contribution in [3.05, 3.63) is 77.1 Å². The van der Waals surface area contributed by atoms with Crippen molar-refractivity contribution in [3.63, 3.8) is 0 Å². The Morgan fingerprint density at radius 1 is 1.19 bits per heavy atom. The minimum absolute atomic E-state index is 0.0239. The number of nitrogens with one attached hydrogen (secondary N) is 1. The predicted octanol–water partition coefficient (Wildman–Crippen LogP) is 3.20. The van der Waals surface area contributed by atoms with Crippen molar-refractivity contribution in [2.24, 2.45) is 0 Å². The first kappa shape index (κ1) is 15.2. The molecule has 4 aromatic rings. The van der Waals surface area contributed by atoms with Gasteiger partial charge < -0.3 is 9.88 Å². The molecule has 0 unspecified atom stereocenters. The molecule has 0 saturated heterocycles. The van der Waals surface area contributed by atoms with Gasteiger partial charge in [-0.05, 0) is 30.3 Å². The molecule has 0 spiro atoms. The van der Waals surface area contributed by atoms with Crippen molar-refractivity contribution in [1.29, 1.82) is 0 Å². The molecule has 6 nitrogen and oxygen atoms in total. The smallest absolute Gasteiger partial charge is 0.254 e. The van der Waals surface area contributed by atoms with E-state index in [1.807, 2.05) is 41.3 Å². The molecule has 0 radical (unpaired) electrons. The molecule has 26 heavy (non-hydrogen) atoms. The monoisotopic (exact) mass is 361 g/mol. The molecule has 1 aromatic carbocycles. The van der Waals surface area contributed by atoms with Gasteiger partial charge in [0.1, 0.15) is 6.04 Å². The summed E-state index contributed by atoms with van der Waals surface area (Å²) in [6.07, 6.45) is 4.19. The third-order valence-corrected chi connectivity index (χ3v) is 5.54. The quantitative estimate of drug-likeness (QED) is 0.595. The summed E-state index contributed by atoms with van der Waals surface area (Å²) < 4.78 is 1.08. The zero-order valence-electron chi connectivity index (χ0n) is 13.8. The second-order valence-electron chi connectivity index (χ2n) is 6.21. The molecule has 5 rings (SSSR count). The summed E-state index contributed by atoms with van der Waals surface area (Å²) in [5, 5.41) is 0. The number of H-pyrrole nitrogens is 1. The molecule has 1 N–H and O–H groups in total. The summed E-state index contributed by atoms with van der Waals surface area (Å²) >= 11 is 1.57. The average molecular weight is 361 g/mol. The van der Waals surface area contributed by atoms with Crippen molar-refractivity contribution < 1.29 is 4.79 Å². The molecular weight excluding hydrogens is 346 g/mol. The van der Waals surface area contributed by atoms with Crippen molar-refractivity contribution in [3.8, 4) is 0 Å². The lowest BCUT2D eigenvalue weighted by Gasteiger charge is -2.34. The van der Waals surface area contributed by atoms with Gasteiger partial charge in [0.2, 0.25) is 0 Å². The van der Waals surface area contributed by atoms with Gasteiger partial charge in [-0.25, -0.2) is 9.97 Å². The summed E-state index contributed by atoms with van der Waals surface area (Å²) in [6.45, 7) is 0.615. The fourth-order valence-corrected chi connectivity index (χ4v) is 4.15. The van der Waals surface area contributed by atoms with Gasteiger partial charge in [0.15, 0.2) is 0 Å². The highest BCUT2D eigenvalue weighted by molar-refractivity contribution is 7.16. The second-order valence-corrected chi connectivity index (χ2v) is 7.09. The lowest BCUT2D eigenvalue weighted by molar-refractivity contribution is 0.0687. The number of aromatic amines is 1. The van der Waals surface area contributed by atoms with Crippen molar-refractivity contribution >= 4 is 27.5 Å². The Labute approximate surface area is 153 Å². The Kier molecular flexibility index (Phi) is 3.53. The first-order valence-corrected chi connectivity index (χ1v) is 9.26. The van der Waals surface area contributed by atoms with E-state index >= 15 is 0 Å². The first-order valence-electron chi connectivity index (χ1n) is 8.38. The van der Waals surface area contributed by atoms with Crippen LogP contribution in [0.25, 0.3) is 10.2 Å². The van der Waals surface area contributed by atoms with Gasteiger partial charge in [0.25, 0.3) is 5.91 Å². The van der Waals surface area contributed by atoms with Crippen LogP contribution in [0.3, 0.4) is 0 Å². The molecular formula is C19H15N5OS. The van der Waals surface area contributed by atoms with Crippen LogP contribution in [0, 0.1) is 0 Å². The van der Waals surface area contributed by atoms with Gasteiger partial charge in [-0.15, -0.1) is 11.3 Å². The largest absolute Gasteiger partial charge is 0.348 e. The number of amides is 1. The Balaban J connectivity index is 1.59. The molecule has 7 heteroatoms. The third kappa shape index (κ3) is 2.40. The SMILES string of the molecule is O=C(c1ccc2scnc2c1)N1CCc2[nH]cnc2[C@@H]1c1ccccn1. The maximum Gasteiger partial charge on any atom is 0.254 e. The fraction of sp³-hybridized carbons (Fsp3) is 0.158. The topological polar surface area (TPSA) is 74.8 Å². The van der Waals surface area contributed by atoms with E-state index in [2.05, 4.69) is 19.9 Å². The normalized spacial score (nSPS) is 16.6. The average Bonchev–Trinajstić information content (AvgIpc) is 3.35. The minimum Gasteiger partial charge on any atom is -0.348 e. The van der Waals surface area contributed by atoms with Crippen LogP contribution >= 0.6 is 11.3 Å². The van der Waals surface area contributed by atoms with Gasteiger partial charge in [-0.1, -0.05) is 6.07 Å². The highest BCUT2D eigenvalue weighted by atomic mass is 32.1. The number of hydrogen-bond donors (Lipinski definition) is 1. The number of hydrogen-bond acceptors (Lipinski definition) is 5. The molecule has 0 saturated carbocycles. The maximum absolute atomic E-state index is 13.3. The van der Waals surface area contributed by atoms with Gasteiger partial charge in [0, 0.05) is 30.4 Å². The number of benzene rings is 1. The van der Waals surface area contributed by atoms with E-state index in [0.717, 1.165) is 33.7 Å². The third-order valence-electron chi connectivity index (χ3n) is 4.73. The molecule has 0 fully saturated rings. The van der Waals surface area contributed by atoms with Gasteiger partial charge >= 0.3 is 0 Å². The van der Waals surface area contributed by atoms with Crippen LogP contribution in [-0.4, -0.2) is 37.3 Å². The first-order chi connectivity index (χ1) is 12.8. The Morgan fingerprint density at radius 2 is 2.15 bits per heavy atom. The minimum atomic E-state index is -0.287. The molecule has 0 bridgehead atoms. The van der Waals surface area contributed by atoms with Crippen LogP contribution in [0.5, 0.6) is 0 Å². The van der Waals surface area contributed by atoms with Crippen LogP contribution in [0.2, 0.25) is 0 Å². The Morgan fingerprint density at radius 3 is 3.04 bits per heavy atom. The van der Waals surface area contributed by atoms with E-state index in [-0.39, 0.29) is 11.9 Å². The number of pyridine rings is 1. The second kappa shape index (κ2) is 6.03. The molecule has 1 aliphatic rings. The van der Waals surface area contributed by atoms with E-state index in [0.29, 0.717) is 12.1 Å². The fourth-order valence-electron chi connectivity index (χ4n) is 3.49. The number of rotatable bonds is 2. The van der Waals surface area contributed by atoms with Gasteiger partial charge in [-0.2, -0.15) is 0 Å². The summed E-state index contributed by atoms with van der Waals surface area (Å²) in [4.78, 5) is 31.7. The molecule has 0 aliphatic carbocycles. The number of carbonyl (C=O) groups excluding carboxylic acids is 1. The molecule has 3 aromatic heterocycles. The summed E-state index contributed by atoms with van der Waals surface area (Å²) in [6, 6.07) is 11.2. The lowest BCUT2D eigenvalue weighted by Crippen LogP contribution is -2.41. The number of fused-ring (bicyclic) bond motifs is 2. The van der Waals surface area contributed by atoms with E-state index in [4.69, 9.17) is 0 Å². The lowest BCUT2D eigenvalue weighted by atomic mass is 9.98. The summed E-state index contributed by atoms with van der Waals surface area (Å²) in [5.74, 6) is -0.0239. The van der Waals surface area contributed by atoms with Crippen LogP contribution in [0.1, 0.15) is 33.5 Å². The van der Waals surface area contributed by atoms with Crippen molar-refractivity contribution in [2.45, 2.75) is 12.5 Å². The highest BCUT2D eigenvalue weighted by Crippen LogP contribution is 2.33. The zero-order chi connectivity index (χ0) is 17.5. The van der Waals surface area contributed by atoms with E-state index in [1.54, 1.807) is 29.4 Å². The van der Waals surface area contributed by atoms with E-state index in [1.165, 1.54) is 0 Å². The predicted molar refractivity (Wildman–Crippen MR) is 99.0 cm³/mol. The standard InChI is InChI=1S/C19H15N5OS/c25-19(12-4-5-16-15(9-12)23-11-26-16)24-8-6-13-17(22-10-21-13)18(24)14-3-1-2-7-20-14/h1-5,7,9-11,18H,6,8H2,(H,21,22)/t18-/m0/s1. The summed E-state index contributed by atoms with van der Waals surface area (Å²) in [7, 11) is 0. The Bertz CT molecular complexity index is 1090. The van der Waals surface area contributed by atoms with Gasteiger partial charge in [-0.3, -0.25) is 9.78 Å². The highest BCUT2D eigenvalue weighted by Gasteiger charge is 2.35. The number of imidazole rings is 1. The maximum atomic E-state index is 13.3. The van der Waals surface area contributed by atoms with E-state index < -0.39 is 0 Å². The molecule has 128 valence electrons. The van der Waals surface area contributed by atoms with Crippen LogP contribution in [0.4, 0.5) is 0 Å². The Hall–Kier alpha value is -3.06.